The highest BCUT2D eigenvalue weighted by molar-refractivity contribution is 7.15. The second-order valence-electron chi connectivity index (χ2n) is 6.17. The van der Waals surface area contributed by atoms with Crippen molar-refractivity contribution >= 4 is 27.9 Å². The Kier molecular flexibility index (Phi) is 4.39. The van der Waals surface area contributed by atoms with Crippen LogP contribution >= 0.6 is 11.3 Å². The van der Waals surface area contributed by atoms with Crippen LogP contribution in [-0.2, 0) is 6.54 Å². The Morgan fingerprint density at radius 2 is 2.04 bits per heavy atom. The van der Waals surface area contributed by atoms with E-state index in [1.54, 1.807) is 28.9 Å². The largest absolute Gasteiger partial charge is 0.369 e. The van der Waals surface area contributed by atoms with Crippen molar-refractivity contribution in [3.8, 4) is 0 Å². The van der Waals surface area contributed by atoms with Gasteiger partial charge in [0.1, 0.15) is 5.69 Å². The highest BCUT2D eigenvalue weighted by Crippen LogP contribution is 2.17. The Morgan fingerprint density at radius 1 is 1.23 bits per heavy atom. The van der Waals surface area contributed by atoms with Crippen molar-refractivity contribution in [3.05, 3.63) is 57.7 Å². The number of amides is 1. The van der Waals surface area contributed by atoms with Crippen molar-refractivity contribution in [1.29, 1.82) is 0 Å². The van der Waals surface area contributed by atoms with Gasteiger partial charge in [0.15, 0.2) is 4.96 Å². The van der Waals surface area contributed by atoms with Gasteiger partial charge in [-0.3, -0.25) is 23.9 Å². The molecule has 1 aliphatic heterocycles. The fourth-order valence-corrected chi connectivity index (χ4v) is 3.85. The van der Waals surface area contributed by atoms with Gasteiger partial charge in [-0.1, -0.05) is 0 Å². The number of anilines is 1. The van der Waals surface area contributed by atoms with Crippen LogP contribution in [0.3, 0.4) is 0 Å². The fraction of sp³-hybridized carbons (Fsp3) is 0.294. The number of carbonyl (C=O) groups is 1. The monoisotopic (exact) mass is 370 g/mol. The van der Waals surface area contributed by atoms with E-state index in [0.717, 1.165) is 42.5 Å². The number of fused-ring (bicyclic) bond motifs is 1. The minimum atomic E-state index is -0.521. The molecule has 1 amide bonds. The molecule has 0 saturated carbocycles. The molecule has 2 N–H and O–H groups in total. The van der Waals surface area contributed by atoms with Crippen LogP contribution in [0.15, 0.2) is 40.8 Å². The van der Waals surface area contributed by atoms with Crippen LogP contribution in [0.5, 0.6) is 0 Å². The van der Waals surface area contributed by atoms with Crippen LogP contribution in [0.2, 0.25) is 0 Å². The third-order valence-electron chi connectivity index (χ3n) is 4.48. The number of aromatic nitrogens is 3. The van der Waals surface area contributed by atoms with E-state index in [1.165, 1.54) is 11.3 Å². The van der Waals surface area contributed by atoms with E-state index >= 15 is 0 Å². The smallest absolute Gasteiger partial charge is 0.267 e. The molecule has 0 spiro atoms. The lowest BCUT2D eigenvalue weighted by molar-refractivity contribution is 0.0995. The molecule has 1 saturated heterocycles. The van der Waals surface area contributed by atoms with E-state index in [2.05, 4.69) is 19.8 Å². The Bertz CT molecular complexity index is 1010. The number of hydrogen-bond donors (Lipinski definition) is 1. The summed E-state index contributed by atoms with van der Waals surface area (Å²) < 4.78 is 1.56. The van der Waals surface area contributed by atoms with Gasteiger partial charge < -0.3 is 10.6 Å². The van der Waals surface area contributed by atoms with Gasteiger partial charge in [-0.2, -0.15) is 0 Å². The molecule has 0 atom stereocenters. The van der Waals surface area contributed by atoms with Crippen molar-refractivity contribution in [2.45, 2.75) is 6.54 Å². The van der Waals surface area contributed by atoms with Gasteiger partial charge in [0, 0.05) is 62.3 Å². The third-order valence-corrected chi connectivity index (χ3v) is 5.23. The minimum Gasteiger partial charge on any atom is -0.369 e. The molecule has 4 rings (SSSR count). The number of carbonyl (C=O) groups excluding carboxylic acids is 1. The van der Waals surface area contributed by atoms with Crippen LogP contribution in [0.4, 0.5) is 5.69 Å². The molecule has 1 fully saturated rings. The van der Waals surface area contributed by atoms with Crippen molar-refractivity contribution in [1.82, 2.24) is 19.3 Å². The molecule has 0 aliphatic carbocycles. The molecule has 9 heteroatoms. The first kappa shape index (κ1) is 16.7. The van der Waals surface area contributed by atoms with Gasteiger partial charge >= 0.3 is 0 Å². The predicted octanol–water partition coefficient (Wildman–Crippen LogP) is 0.572. The zero-order valence-corrected chi connectivity index (χ0v) is 14.9. The van der Waals surface area contributed by atoms with E-state index in [1.807, 2.05) is 11.4 Å². The summed E-state index contributed by atoms with van der Waals surface area (Å²) in [7, 11) is 0. The van der Waals surface area contributed by atoms with Crippen molar-refractivity contribution in [2.75, 3.05) is 31.1 Å². The summed E-state index contributed by atoms with van der Waals surface area (Å²) in [6, 6.07) is 5.22. The van der Waals surface area contributed by atoms with Gasteiger partial charge in [0.25, 0.3) is 11.5 Å². The van der Waals surface area contributed by atoms with Crippen LogP contribution in [0.1, 0.15) is 16.2 Å². The van der Waals surface area contributed by atoms with Crippen LogP contribution in [0.25, 0.3) is 4.96 Å². The molecule has 8 nitrogen and oxygen atoms in total. The molecule has 3 aromatic heterocycles. The first-order valence-electron chi connectivity index (χ1n) is 8.29. The number of primary amides is 1. The number of thiazole rings is 1. The maximum absolute atomic E-state index is 12.1. The first-order chi connectivity index (χ1) is 12.6. The van der Waals surface area contributed by atoms with Gasteiger partial charge in [-0.05, 0) is 12.1 Å². The summed E-state index contributed by atoms with van der Waals surface area (Å²) in [5.74, 6) is -0.521. The Hall–Kier alpha value is -2.78. The molecular formula is C17H18N6O2S. The number of piperazine rings is 1. The lowest BCUT2D eigenvalue weighted by Gasteiger charge is -2.35. The maximum Gasteiger partial charge on any atom is 0.267 e. The molecule has 26 heavy (non-hydrogen) atoms. The number of pyridine rings is 1. The second kappa shape index (κ2) is 6.85. The molecule has 134 valence electrons. The zero-order valence-electron chi connectivity index (χ0n) is 14.0. The van der Waals surface area contributed by atoms with Gasteiger partial charge in [-0.25, -0.2) is 4.98 Å². The SMILES string of the molecule is NC(=O)c1cc(N2CCN(Cc3cc(=O)n4ccsc4n3)CC2)ccn1. The van der Waals surface area contributed by atoms with Crippen molar-refractivity contribution < 1.29 is 4.79 Å². The van der Waals surface area contributed by atoms with E-state index < -0.39 is 5.91 Å². The number of hydrogen-bond acceptors (Lipinski definition) is 7. The topological polar surface area (TPSA) is 96.8 Å². The summed E-state index contributed by atoms with van der Waals surface area (Å²) in [5, 5.41) is 1.86. The van der Waals surface area contributed by atoms with Gasteiger partial charge in [-0.15, -0.1) is 11.3 Å². The van der Waals surface area contributed by atoms with Gasteiger partial charge in [0.05, 0.1) is 5.69 Å². The van der Waals surface area contributed by atoms with Crippen LogP contribution in [0, 0.1) is 0 Å². The molecule has 0 radical (unpaired) electrons. The molecule has 0 unspecified atom stereocenters. The zero-order chi connectivity index (χ0) is 18.1. The van der Waals surface area contributed by atoms with Gasteiger partial charge in [0.2, 0.25) is 0 Å². The summed E-state index contributed by atoms with van der Waals surface area (Å²) in [6.45, 7) is 3.99. The molecule has 4 heterocycles. The highest BCUT2D eigenvalue weighted by atomic mass is 32.1. The number of nitrogens with zero attached hydrogens (tertiary/aromatic N) is 5. The first-order valence-corrected chi connectivity index (χ1v) is 9.17. The van der Waals surface area contributed by atoms with E-state index in [-0.39, 0.29) is 11.3 Å². The number of rotatable bonds is 4. The maximum atomic E-state index is 12.1. The summed E-state index contributed by atoms with van der Waals surface area (Å²) >= 11 is 1.46. The Labute approximate surface area is 153 Å². The highest BCUT2D eigenvalue weighted by Gasteiger charge is 2.19. The van der Waals surface area contributed by atoms with E-state index in [0.29, 0.717) is 6.54 Å². The summed E-state index contributed by atoms with van der Waals surface area (Å²) in [6.07, 6.45) is 3.35. The molecule has 3 aromatic rings. The van der Waals surface area contributed by atoms with E-state index in [4.69, 9.17) is 5.73 Å². The summed E-state index contributed by atoms with van der Waals surface area (Å²) in [4.78, 5) is 37.1. The van der Waals surface area contributed by atoms with Crippen molar-refractivity contribution in [3.63, 3.8) is 0 Å². The van der Waals surface area contributed by atoms with Crippen molar-refractivity contribution in [2.24, 2.45) is 5.73 Å². The second-order valence-corrected chi connectivity index (χ2v) is 7.04. The van der Waals surface area contributed by atoms with Crippen LogP contribution < -0.4 is 16.2 Å². The fourth-order valence-electron chi connectivity index (χ4n) is 3.11. The third kappa shape index (κ3) is 3.31. The lowest BCUT2D eigenvalue weighted by Crippen LogP contribution is -2.46. The average molecular weight is 370 g/mol. The lowest BCUT2D eigenvalue weighted by atomic mass is 10.2. The standard InChI is InChI=1S/C17H18N6O2S/c18-16(25)14-10-13(1-2-19-14)22-5-3-21(4-6-22)11-12-9-15(24)23-7-8-26-17(23)20-12/h1-2,7-10H,3-6,11H2,(H2,18,25). The Balaban J connectivity index is 1.42. The van der Waals surface area contributed by atoms with E-state index in [9.17, 15) is 9.59 Å². The molecule has 0 bridgehead atoms. The average Bonchev–Trinajstić information content (AvgIpc) is 3.12. The molecule has 1 aliphatic rings. The quantitative estimate of drug-likeness (QED) is 0.721. The molecular weight excluding hydrogens is 352 g/mol. The number of nitrogens with two attached hydrogens (primary N) is 1. The predicted molar refractivity (Wildman–Crippen MR) is 99.6 cm³/mol. The Morgan fingerprint density at radius 3 is 2.81 bits per heavy atom. The normalized spacial score (nSPS) is 15.5. The summed E-state index contributed by atoms with van der Waals surface area (Å²) in [5.41, 5.74) is 7.28. The van der Waals surface area contributed by atoms with Crippen LogP contribution in [-0.4, -0.2) is 51.4 Å². The minimum absolute atomic E-state index is 0.0411. The molecule has 0 aromatic carbocycles.